The highest BCUT2D eigenvalue weighted by molar-refractivity contribution is 6.59. The highest BCUT2D eigenvalue weighted by atomic mass is 15.0. The zero-order chi connectivity index (χ0) is 17.9. The molecule has 1 radical (unpaired) electrons. The van der Waals surface area contributed by atoms with Crippen molar-refractivity contribution in [3.8, 4) is 0 Å². The fraction of sp³-hybridized carbons (Fsp3) is 0.227. The van der Waals surface area contributed by atoms with Crippen LogP contribution in [0.25, 0.3) is 6.08 Å². The van der Waals surface area contributed by atoms with E-state index in [0.717, 1.165) is 12.2 Å². The molecule has 0 unspecified atom stereocenters. The lowest BCUT2D eigenvalue weighted by molar-refractivity contribution is 0.858. The van der Waals surface area contributed by atoms with Gasteiger partial charge in [-0.05, 0) is 24.5 Å². The van der Waals surface area contributed by atoms with E-state index in [4.69, 9.17) is 0 Å². The van der Waals surface area contributed by atoms with Gasteiger partial charge in [0.2, 0.25) is 0 Å². The molecule has 2 aromatic carbocycles. The number of benzene rings is 2. The van der Waals surface area contributed by atoms with Crippen LogP contribution in [0.2, 0.25) is 0 Å². The van der Waals surface area contributed by atoms with E-state index in [1.165, 1.54) is 23.0 Å². The first-order valence-electron chi connectivity index (χ1n) is 8.78. The van der Waals surface area contributed by atoms with Gasteiger partial charge in [0.05, 0.1) is 0 Å². The van der Waals surface area contributed by atoms with Crippen LogP contribution in [0.4, 0.5) is 0 Å². The topological polar surface area (TPSA) is 17.8 Å². The summed E-state index contributed by atoms with van der Waals surface area (Å²) in [6, 6.07) is 19.1. The lowest BCUT2D eigenvalue weighted by atomic mass is 9.70. The molecule has 0 atom stereocenters. The Morgan fingerprint density at radius 2 is 1.88 bits per heavy atom. The molecule has 0 aliphatic heterocycles. The molecule has 1 heterocycles. The van der Waals surface area contributed by atoms with E-state index in [2.05, 4.69) is 79.8 Å². The van der Waals surface area contributed by atoms with Gasteiger partial charge in [0.25, 0.3) is 0 Å². The zero-order valence-electron chi connectivity index (χ0n) is 15.4. The largest absolute Gasteiger partial charge is 0.338 e. The standard InChI is InChI=1S/C17H18B.C5H8N2/c1-2-7-15-8-6-9-16(14-15)12-13-18-17-10-4-3-5-11-17;1-5-6-3-4-7(5)2/h3-6,8-14H,2,7H2,1H3;3-4H,1-2H3. The summed E-state index contributed by atoms with van der Waals surface area (Å²) < 4.78 is 1.97. The number of rotatable bonds is 5. The molecule has 0 N–H and O–H groups in total. The van der Waals surface area contributed by atoms with Gasteiger partial charge < -0.3 is 4.57 Å². The van der Waals surface area contributed by atoms with Crippen LogP contribution in [0.3, 0.4) is 0 Å². The smallest absolute Gasteiger partial charge is 0.181 e. The first-order valence-corrected chi connectivity index (χ1v) is 8.78. The molecular weight excluding hydrogens is 303 g/mol. The average Bonchev–Trinajstić information content (AvgIpc) is 3.00. The van der Waals surface area contributed by atoms with Crippen molar-refractivity contribution in [2.45, 2.75) is 26.7 Å². The third kappa shape index (κ3) is 6.84. The van der Waals surface area contributed by atoms with E-state index in [0.29, 0.717) is 0 Å². The minimum Gasteiger partial charge on any atom is -0.338 e. The van der Waals surface area contributed by atoms with Crippen molar-refractivity contribution >= 4 is 18.8 Å². The van der Waals surface area contributed by atoms with Crippen molar-refractivity contribution in [1.29, 1.82) is 0 Å². The van der Waals surface area contributed by atoms with Crippen LogP contribution < -0.4 is 5.46 Å². The summed E-state index contributed by atoms with van der Waals surface area (Å²) in [5, 5.41) is 0. The van der Waals surface area contributed by atoms with E-state index in [1.807, 2.05) is 30.8 Å². The molecule has 0 spiro atoms. The summed E-state index contributed by atoms with van der Waals surface area (Å²) in [4.78, 5) is 3.98. The molecule has 3 aromatic rings. The van der Waals surface area contributed by atoms with Crippen molar-refractivity contribution in [2.75, 3.05) is 0 Å². The Morgan fingerprint density at radius 3 is 2.48 bits per heavy atom. The van der Waals surface area contributed by atoms with Crippen LogP contribution in [0.5, 0.6) is 0 Å². The van der Waals surface area contributed by atoms with E-state index >= 15 is 0 Å². The van der Waals surface area contributed by atoms with Crippen molar-refractivity contribution in [3.63, 3.8) is 0 Å². The van der Waals surface area contributed by atoms with Crippen molar-refractivity contribution in [1.82, 2.24) is 9.55 Å². The van der Waals surface area contributed by atoms with Gasteiger partial charge in [-0.1, -0.05) is 79.5 Å². The Kier molecular flexibility index (Phi) is 7.78. The van der Waals surface area contributed by atoms with E-state index in [-0.39, 0.29) is 0 Å². The zero-order valence-corrected chi connectivity index (χ0v) is 15.4. The van der Waals surface area contributed by atoms with Gasteiger partial charge >= 0.3 is 0 Å². The third-order valence-corrected chi connectivity index (χ3v) is 3.93. The Labute approximate surface area is 152 Å². The molecule has 25 heavy (non-hydrogen) atoms. The van der Waals surface area contributed by atoms with E-state index in [1.54, 1.807) is 6.20 Å². The number of aromatic nitrogens is 2. The van der Waals surface area contributed by atoms with Gasteiger partial charge in [-0.2, -0.15) is 0 Å². The summed E-state index contributed by atoms with van der Waals surface area (Å²) in [5.74, 6) is 3.17. The van der Waals surface area contributed by atoms with Gasteiger partial charge in [-0.25, -0.2) is 4.98 Å². The fourth-order valence-electron chi connectivity index (χ4n) is 2.42. The second kappa shape index (κ2) is 10.3. The number of aryl methyl sites for hydroxylation is 3. The average molecular weight is 329 g/mol. The van der Waals surface area contributed by atoms with Crippen LogP contribution in [0.1, 0.15) is 30.3 Å². The monoisotopic (exact) mass is 329 g/mol. The number of imidazole rings is 1. The Hall–Kier alpha value is -2.55. The summed E-state index contributed by atoms with van der Waals surface area (Å²) in [7, 11) is 4.11. The highest BCUT2D eigenvalue weighted by Gasteiger charge is 1.93. The normalized spacial score (nSPS) is 10.4. The maximum atomic E-state index is 3.98. The Bertz CT molecular complexity index is 759. The Morgan fingerprint density at radius 1 is 1.08 bits per heavy atom. The lowest BCUT2D eigenvalue weighted by Crippen LogP contribution is -2.09. The van der Waals surface area contributed by atoms with Crippen LogP contribution >= 0.6 is 0 Å². The van der Waals surface area contributed by atoms with Crippen LogP contribution in [-0.4, -0.2) is 16.8 Å². The van der Waals surface area contributed by atoms with Crippen molar-refractivity contribution in [3.05, 3.63) is 89.9 Å². The molecule has 2 nitrogen and oxygen atoms in total. The molecule has 0 aliphatic rings. The molecule has 0 fully saturated rings. The second-order valence-electron chi connectivity index (χ2n) is 6.02. The van der Waals surface area contributed by atoms with Gasteiger partial charge in [-0.3, -0.25) is 0 Å². The summed E-state index contributed by atoms with van der Waals surface area (Å²) in [6.07, 6.45) is 8.23. The molecule has 3 heteroatoms. The van der Waals surface area contributed by atoms with Crippen LogP contribution in [0.15, 0.2) is 73.0 Å². The third-order valence-electron chi connectivity index (χ3n) is 3.93. The maximum absolute atomic E-state index is 3.98. The van der Waals surface area contributed by atoms with Crippen molar-refractivity contribution in [2.24, 2.45) is 7.05 Å². The molecular formula is C22H26BN2. The summed E-state index contributed by atoms with van der Waals surface area (Å²) in [5.41, 5.74) is 3.92. The lowest BCUT2D eigenvalue weighted by Gasteiger charge is -2.00. The minimum absolute atomic E-state index is 1.06. The number of hydrogen-bond donors (Lipinski definition) is 0. The van der Waals surface area contributed by atoms with Gasteiger partial charge in [0, 0.05) is 19.4 Å². The Balaban J connectivity index is 0.000000269. The van der Waals surface area contributed by atoms with E-state index in [9.17, 15) is 0 Å². The predicted octanol–water partition coefficient (Wildman–Crippen LogP) is 4.37. The molecule has 127 valence electrons. The van der Waals surface area contributed by atoms with Crippen LogP contribution in [0, 0.1) is 6.92 Å². The highest BCUT2D eigenvalue weighted by Crippen LogP contribution is 2.08. The predicted molar refractivity (Wildman–Crippen MR) is 109 cm³/mol. The summed E-state index contributed by atoms with van der Waals surface area (Å²) in [6.45, 7) is 4.19. The van der Waals surface area contributed by atoms with Crippen LogP contribution in [-0.2, 0) is 13.5 Å². The van der Waals surface area contributed by atoms with Gasteiger partial charge in [0.15, 0.2) is 7.28 Å². The minimum atomic E-state index is 1.06. The molecule has 0 saturated heterocycles. The molecule has 0 aliphatic carbocycles. The van der Waals surface area contributed by atoms with E-state index < -0.39 is 0 Å². The van der Waals surface area contributed by atoms with Gasteiger partial charge in [-0.15, -0.1) is 5.98 Å². The van der Waals surface area contributed by atoms with Gasteiger partial charge in [0.1, 0.15) is 5.82 Å². The number of nitrogens with zero attached hydrogens (tertiary/aromatic N) is 2. The second-order valence-corrected chi connectivity index (χ2v) is 6.02. The first kappa shape index (κ1) is 18.8. The first-order chi connectivity index (χ1) is 12.2. The SMILES string of the molecule is CCCc1cccc(C=C[B]c2ccccc2)c1.Cc1nccn1C. The summed E-state index contributed by atoms with van der Waals surface area (Å²) >= 11 is 0. The fourth-order valence-corrected chi connectivity index (χ4v) is 2.42. The quantitative estimate of drug-likeness (QED) is 0.636. The molecule has 1 aromatic heterocycles. The number of hydrogen-bond acceptors (Lipinski definition) is 1. The maximum Gasteiger partial charge on any atom is 0.181 e. The van der Waals surface area contributed by atoms with Crippen molar-refractivity contribution < 1.29 is 0 Å². The molecule has 0 amide bonds. The molecule has 0 bridgehead atoms. The molecule has 0 saturated carbocycles. The molecule has 3 rings (SSSR count).